The molecule has 0 spiro atoms. The highest BCUT2D eigenvalue weighted by Gasteiger charge is 2.45. The molecule has 0 radical (unpaired) electrons. The topological polar surface area (TPSA) is 3.24 Å². The Kier molecular flexibility index (Phi) is 14.7. The summed E-state index contributed by atoms with van der Waals surface area (Å²) in [6.45, 7) is 18.7. The minimum absolute atomic E-state index is 1.24. The maximum Gasteiger partial charge on any atom is 0.120 e. The van der Waals surface area contributed by atoms with Crippen molar-refractivity contribution in [1.29, 1.82) is 0 Å². The van der Waals surface area contributed by atoms with Gasteiger partial charge < -0.3 is 4.23 Å². The van der Waals surface area contributed by atoms with Crippen molar-refractivity contribution >= 4 is 16.5 Å². The molecule has 25 heavy (non-hydrogen) atoms. The van der Waals surface area contributed by atoms with Crippen LogP contribution in [0.5, 0.6) is 0 Å². The van der Waals surface area contributed by atoms with Gasteiger partial charge in [0.05, 0.1) is 0 Å². The van der Waals surface area contributed by atoms with Crippen molar-refractivity contribution in [3.8, 4) is 0 Å². The SMILES string of the molecule is CCCCCCCCCCN([Si](CC)(CC)CC)[Si](CC)(CC)CC. The summed E-state index contributed by atoms with van der Waals surface area (Å²) >= 11 is 0. The highest BCUT2D eigenvalue weighted by molar-refractivity contribution is 6.92. The van der Waals surface area contributed by atoms with E-state index in [2.05, 4.69) is 52.7 Å². The van der Waals surface area contributed by atoms with E-state index in [9.17, 15) is 0 Å². The normalized spacial score (nSPS) is 13.0. The number of hydrogen-bond donors (Lipinski definition) is 0. The molecule has 152 valence electrons. The first kappa shape index (κ1) is 25.4. The molecular weight excluding hydrogens is 334 g/mol. The Morgan fingerprint density at radius 1 is 0.440 bits per heavy atom. The molecule has 0 saturated heterocycles. The smallest absolute Gasteiger partial charge is 0.120 e. The molecule has 0 bridgehead atoms. The van der Waals surface area contributed by atoms with Crippen LogP contribution in [0.3, 0.4) is 0 Å². The fourth-order valence-corrected chi connectivity index (χ4v) is 18.5. The zero-order valence-corrected chi connectivity index (χ0v) is 21.1. The molecule has 0 aromatic carbocycles. The molecule has 0 N–H and O–H groups in total. The summed E-state index contributed by atoms with van der Waals surface area (Å²) in [5.41, 5.74) is 0. The third-order valence-electron chi connectivity index (χ3n) is 7.33. The summed E-state index contributed by atoms with van der Waals surface area (Å²) in [5, 5.41) is 0. The second-order valence-corrected chi connectivity index (χ2v) is 18.9. The predicted octanol–water partition coefficient (Wildman–Crippen LogP) is 8.44. The van der Waals surface area contributed by atoms with Gasteiger partial charge in [0.15, 0.2) is 0 Å². The molecule has 3 heteroatoms. The number of rotatable bonds is 17. The van der Waals surface area contributed by atoms with Crippen LogP contribution < -0.4 is 0 Å². The second kappa shape index (κ2) is 14.5. The van der Waals surface area contributed by atoms with Crippen molar-refractivity contribution < 1.29 is 0 Å². The monoisotopic (exact) mass is 385 g/mol. The summed E-state index contributed by atoms with van der Waals surface area (Å²) in [6.07, 6.45) is 11.6. The van der Waals surface area contributed by atoms with Crippen LogP contribution in [0, 0.1) is 0 Å². The van der Waals surface area contributed by atoms with E-state index < -0.39 is 16.5 Å². The minimum Gasteiger partial charge on any atom is -0.345 e. The molecule has 0 aliphatic carbocycles. The molecule has 0 atom stereocenters. The molecule has 0 rings (SSSR count). The van der Waals surface area contributed by atoms with E-state index in [-0.39, 0.29) is 0 Å². The maximum atomic E-state index is 3.26. The summed E-state index contributed by atoms with van der Waals surface area (Å²) in [7, 11) is -2.47. The molecule has 0 saturated carbocycles. The quantitative estimate of drug-likeness (QED) is 0.179. The molecule has 0 heterocycles. The van der Waals surface area contributed by atoms with Crippen LogP contribution in [-0.2, 0) is 0 Å². The molecular formula is C22H51NSi2. The first-order valence-corrected chi connectivity index (χ1v) is 17.0. The van der Waals surface area contributed by atoms with Gasteiger partial charge in [0.1, 0.15) is 16.5 Å². The van der Waals surface area contributed by atoms with Gasteiger partial charge in [-0.3, -0.25) is 0 Å². The van der Waals surface area contributed by atoms with Crippen LogP contribution in [0.15, 0.2) is 0 Å². The van der Waals surface area contributed by atoms with E-state index in [4.69, 9.17) is 0 Å². The first-order valence-electron chi connectivity index (χ1n) is 11.8. The Hall–Kier alpha value is 0.394. The molecule has 0 aliphatic heterocycles. The average Bonchev–Trinajstić information content (AvgIpc) is 2.66. The van der Waals surface area contributed by atoms with E-state index in [0.717, 1.165) is 0 Å². The number of unbranched alkanes of at least 4 members (excludes halogenated alkanes) is 7. The van der Waals surface area contributed by atoms with E-state index in [1.54, 1.807) is 0 Å². The molecule has 0 aromatic heterocycles. The molecule has 0 amide bonds. The van der Waals surface area contributed by atoms with E-state index in [1.165, 1.54) is 94.2 Å². The van der Waals surface area contributed by atoms with Crippen LogP contribution in [0.1, 0.15) is 99.8 Å². The molecule has 0 aliphatic rings. The molecule has 0 fully saturated rings. The van der Waals surface area contributed by atoms with Gasteiger partial charge in [-0.1, -0.05) is 93.4 Å². The lowest BCUT2D eigenvalue weighted by Gasteiger charge is -2.52. The van der Waals surface area contributed by atoms with Crippen LogP contribution in [0.2, 0.25) is 36.3 Å². The van der Waals surface area contributed by atoms with E-state index in [0.29, 0.717) is 0 Å². The fourth-order valence-electron chi connectivity index (χ4n) is 5.03. The van der Waals surface area contributed by atoms with Crippen LogP contribution in [0.4, 0.5) is 0 Å². The largest absolute Gasteiger partial charge is 0.345 e. The Labute approximate surface area is 163 Å². The zero-order valence-electron chi connectivity index (χ0n) is 19.1. The Balaban J connectivity index is 4.82. The van der Waals surface area contributed by atoms with Crippen molar-refractivity contribution in [2.24, 2.45) is 0 Å². The Morgan fingerprint density at radius 3 is 1.08 bits per heavy atom. The average molecular weight is 386 g/mol. The number of nitrogens with zero attached hydrogens (tertiary/aromatic N) is 1. The van der Waals surface area contributed by atoms with Crippen LogP contribution in [-0.4, -0.2) is 27.2 Å². The maximum absolute atomic E-state index is 3.26. The fraction of sp³-hybridized carbons (Fsp3) is 1.00. The lowest BCUT2D eigenvalue weighted by Crippen LogP contribution is -2.66. The zero-order chi connectivity index (χ0) is 19.2. The lowest BCUT2D eigenvalue weighted by atomic mass is 10.1. The lowest BCUT2D eigenvalue weighted by molar-refractivity contribution is 0.510. The van der Waals surface area contributed by atoms with Gasteiger partial charge in [-0.05, 0) is 49.2 Å². The highest BCUT2D eigenvalue weighted by atomic mass is 28.4. The minimum atomic E-state index is -1.24. The summed E-state index contributed by atoms with van der Waals surface area (Å²) in [4.78, 5) is 0. The summed E-state index contributed by atoms with van der Waals surface area (Å²) < 4.78 is 3.26. The Bertz CT molecular complexity index is 262. The third-order valence-corrected chi connectivity index (χ3v) is 20.8. The van der Waals surface area contributed by atoms with Crippen molar-refractivity contribution in [3.05, 3.63) is 0 Å². The standard InChI is InChI=1S/C22H51NSi2/c1-8-15-16-17-18-19-20-21-22-23(24(9-2,10-3)11-4)25(12-5,13-6)14-7/h8-22H2,1-7H3. The van der Waals surface area contributed by atoms with Gasteiger partial charge >= 0.3 is 0 Å². The van der Waals surface area contributed by atoms with Gasteiger partial charge in [-0.25, -0.2) is 0 Å². The molecule has 0 unspecified atom stereocenters. The first-order chi connectivity index (χ1) is 12.1. The van der Waals surface area contributed by atoms with Gasteiger partial charge in [-0.15, -0.1) is 0 Å². The Morgan fingerprint density at radius 2 is 0.760 bits per heavy atom. The van der Waals surface area contributed by atoms with Gasteiger partial charge in [-0.2, -0.15) is 0 Å². The third kappa shape index (κ3) is 7.50. The number of hydrogen-bond acceptors (Lipinski definition) is 1. The van der Waals surface area contributed by atoms with Crippen molar-refractivity contribution in [1.82, 2.24) is 4.23 Å². The predicted molar refractivity (Wildman–Crippen MR) is 124 cm³/mol. The summed E-state index contributed by atoms with van der Waals surface area (Å²) in [5.74, 6) is 0. The van der Waals surface area contributed by atoms with E-state index in [1.807, 2.05) is 0 Å². The highest BCUT2D eigenvalue weighted by Crippen LogP contribution is 2.36. The van der Waals surface area contributed by atoms with Gasteiger partial charge in [0, 0.05) is 0 Å². The van der Waals surface area contributed by atoms with Crippen LogP contribution in [0.25, 0.3) is 0 Å². The molecule has 0 aromatic rings. The molecule has 1 nitrogen and oxygen atoms in total. The summed E-state index contributed by atoms with van der Waals surface area (Å²) in [6, 6.07) is 8.78. The van der Waals surface area contributed by atoms with E-state index >= 15 is 0 Å². The van der Waals surface area contributed by atoms with Gasteiger partial charge in [0.2, 0.25) is 0 Å². The van der Waals surface area contributed by atoms with Crippen molar-refractivity contribution in [3.63, 3.8) is 0 Å². The van der Waals surface area contributed by atoms with Crippen LogP contribution >= 0.6 is 0 Å². The van der Waals surface area contributed by atoms with Crippen molar-refractivity contribution in [2.45, 2.75) is 136 Å². The van der Waals surface area contributed by atoms with Gasteiger partial charge in [0.25, 0.3) is 0 Å². The van der Waals surface area contributed by atoms with Crippen molar-refractivity contribution in [2.75, 3.05) is 6.54 Å². The second-order valence-electron chi connectivity index (χ2n) is 8.20.